The average Bonchev–Trinajstić information content (AvgIpc) is 2.29. The molecule has 0 aliphatic carbocycles. The summed E-state index contributed by atoms with van der Waals surface area (Å²) in [7, 11) is 4.22. The smallest absolute Gasteiger partial charge is 0.0406 e. The van der Waals surface area contributed by atoms with Gasteiger partial charge in [-0.25, -0.2) is 0 Å². The number of piperazine rings is 1. The normalized spacial score (nSPS) is 20.3. The molecule has 1 unspecified atom stereocenters. The standard InChI is InChI=1S/C14H23N3.ClH/c1-12-10-17(9-8-15-12)11-13-6-4-5-7-14(13)16(2)3;/h4-7,12,15H,8-11H2,1-3H3;1H. The highest BCUT2D eigenvalue weighted by Crippen LogP contribution is 2.20. The van der Waals surface area contributed by atoms with Gasteiger partial charge in [0.15, 0.2) is 0 Å². The molecular formula is C14H24ClN3. The molecular weight excluding hydrogens is 246 g/mol. The van der Waals surface area contributed by atoms with Crippen LogP contribution in [-0.2, 0) is 6.54 Å². The molecule has 3 nitrogen and oxygen atoms in total. The van der Waals surface area contributed by atoms with E-state index in [0.717, 1.165) is 26.2 Å². The van der Waals surface area contributed by atoms with E-state index in [1.165, 1.54) is 11.3 Å². The van der Waals surface area contributed by atoms with Crippen LogP contribution in [0.4, 0.5) is 5.69 Å². The molecule has 1 aliphatic heterocycles. The summed E-state index contributed by atoms with van der Waals surface area (Å²) >= 11 is 0. The minimum Gasteiger partial charge on any atom is -0.377 e. The highest BCUT2D eigenvalue weighted by molar-refractivity contribution is 5.85. The highest BCUT2D eigenvalue weighted by Gasteiger charge is 2.16. The molecule has 1 N–H and O–H groups in total. The molecule has 0 spiro atoms. The topological polar surface area (TPSA) is 18.5 Å². The highest BCUT2D eigenvalue weighted by atomic mass is 35.5. The monoisotopic (exact) mass is 269 g/mol. The minimum atomic E-state index is 0. The number of anilines is 1. The maximum absolute atomic E-state index is 3.48. The van der Waals surface area contributed by atoms with Crippen molar-refractivity contribution >= 4 is 18.1 Å². The van der Waals surface area contributed by atoms with E-state index in [-0.39, 0.29) is 12.4 Å². The van der Waals surface area contributed by atoms with Gasteiger partial charge in [-0.1, -0.05) is 18.2 Å². The summed E-state index contributed by atoms with van der Waals surface area (Å²) in [6, 6.07) is 9.28. The van der Waals surface area contributed by atoms with Gasteiger partial charge in [-0.05, 0) is 18.6 Å². The van der Waals surface area contributed by atoms with Gasteiger partial charge in [0.05, 0.1) is 0 Å². The van der Waals surface area contributed by atoms with Crippen LogP contribution in [0.1, 0.15) is 12.5 Å². The number of hydrogen-bond donors (Lipinski definition) is 1. The van der Waals surface area contributed by atoms with E-state index >= 15 is 0 Å². The Morgan fingerprint density at radius 1 is 1.33 bits per heavy atom. The van der Waals surface area contributed by atoms with Crippen LogP contribution in [0.15, 0.2) is 24.3 Å². The fourth-order valence-electron chi connectivity index (χ4n) is 2.48. The predicted molar refractivity (Wildman–Crippen MR) is 80.8 cm³/mol. The van der Waals surface area contributed by atoms with Crippen LogP contribution in [0.2, 0.25) is 0 Å². The summed E-state index contributed by atoms with van der Waals surface area (Å²) in [5.74, 6) is 0. The third kappa shape index (κ3) is 3.87. The van der Waals surface area contributed by atoms with Crippen molar-refractivity contribution < 1.29 is 0 Å². The third-order valence-electron chi connectivity index (χ3n) is 3.32. The molecule has 1 atom stereocenters. The molecule has 2 rings (SSSR count). The van der Waals surface area contributed by atoms with Crippen molar-refractivity contribution in [1.82, 2.24) is 10.2 Å². The van der Waals surface area contributed by atoms with Crippen molar-refractivity contribution in [3.05, 3.63) is 29.8 Å². The number of nitrogens with one attached hydrogen (secondary N) is 1. The Morgan fingerprint density at radius 2 is 2.06 bits per heavy atom. The summed E-state index contributed by atoms with van der Waals surface area (Å²) in [5, 5.41) is 3.48. The summed E-state index contributed by atoms with van der Waals surface area (Å²) in [6.45, 7) is 6.70. The van der Waals surface area contributed by atoms with Gasteiger partial charge in [0.1, 0.15) is 0 Å². The van der Waals surface area contributed by atoms with Crippen molar-refractivity contribution in [3.63, 3.8) is 0 Å². The van der Waals surface area contributed by atoms with Crippen molar-refractivity contribution in [3.8, 4) is 0 Å². The zero-order valence-corrected chi connectivity index (χ0v) is 12.3. The number of halogens is 1. The maximum atomic E-state index is 3.48. The number of hydrogen-bond acceptors (Lipinski definition) is 3. The van der Waals surface area contributed by atoms with Crippen LogP contribution in [0.25, 0.3) is 0 Å². The van der Waals surface area contributed by atoms with Crippen LogP contribution in [0, 0.1) is 0 Å². The quantitative estimate of drug-likeness (QED) is 0.905. The summed E-state index contributed by atoms with van der Waals surface area (Å²) < 4.78 is 0. The SMILES string of the molecule is CC1CN(Cc2ccccc2N(C)C)CCN1.Cl. The Kier molecular flexibility index (Phi) is 5.93. The van der Waals surface area contributed by atoms with Gasteiger partial charge >= 0.3 is 0 Å². The lowest BCUT2D eigenvalue weighted by molar-refractivity contribution is 0.200. The van der Waals surface area contributed by atoms with Crippen molar-refractivity contribution in [1.29, 1.82) is 0 Å². The summed E-state index contributed by atoms with van der Waals surface area (Å²) in [5.41, 5.74) is 2.75. The fourth-order valence-corrected chi connectivity index (χ4v) is 2.48. The lowest BCUT2D eigenvalue weighted by Crippen LogP contribution is -2.48. The van der Waals surface area contributed by atoms with E-state index in [0.29, 0.717) is 6.04 Å². The molecule has 0 radical (unpaired) electrons. The predicted octanol–water partition coefficient (Wildman–Crippen LogP) is 1.97. The van der Waals surface area contributed by atoms with Gasteiger partial charge in [-0.2, -0.15) is 0 Å². The molecule has 18 heavy (non-hydrogen) atoms. The zero-order valence-electron chi connectivity index (χ0n) is 11.5. The van der Waals surface area contributed by atoms with Gasteiger partial charge in [-0.15, -0.1) is 12.4 Å². The first-order valence-corrected chi connectivity index (χ1v) is 6.38. The first-order valence-electron chi connectivity index (χ1n) is 6.38. The molecule has 0 amide bonds. The lowest BCUT2D eigenvalue weighted by atomic mass is 10.1. The van der Waals surface area contributed by atoms with Crippen molar-refractivity contribution in [2.24, 2.45) is 0 Å². The average molecular weight is 270 g/mol. The Balaban J connectivity index is 0.00000162. The maximum Gasteiger partial charge on any atom is 0.0406 e. The Hall–Kier alpha value is -0.770. The summed E-state index contributed by atoms with van der Waals surface area (Å²) in [4.78, 5) is 4.73. The van der Waals surface area contributed by atoms with Gasteiger partial charge < -0.3 is 10.2 Å². The molecule has 1 fully saturated rings. The second-order valence-electron chi connectivity index (χ2n) is 5.11. The van der Waals surface area contributed by atoms with Crippen molar-refractivity contribution in [2.45, 2.75) is 19.5 Å². The van der Waals surface area contributed by atoms with Crippen LogP contribution in [0.5, 0.6) is 0 Å². The van der Waals surface area contributed by atoms with E-state index < -0.39 is 0 Å². The van der Waals surface area contributed by atoms with E-state index in [9.17, 15) is 0 Å². The van der Waals surface area contributed by atoms with Gasteiger partial charge in [0.25, 0.3) is 0 Å². The molecule has 1 aliphatic rings. The second kappa shape index (κ2) is 6.98. The molecule has 1 heterocycles. The van der Waals surface area contributed by atoms with E-state index in [2.05, 4.69) is 60.4 Å². The molecule has 1 saturated heterocycles. The van der Waals surface area contributed by atoms with Gasteiger partial charge in [0.2, 0.25) is 0 Å². The number of para-hydroxylation sites is 1. The summed E-state index contributed by atoms with van der Waals surface area (Å²) in [6.07, 6.45) is 0. The van der Waals surface area contributed by atoms with E-state index in [4.69, 9.17) is 0 Å². The van der Waals surface area contributed by atoms with Crippen LogP contribution in [0.3, 0.4) is 0 Å². The molecule has 102 valence electrons. The van der Waals surface area contributed by atoms with E-state index in [1.807, 2.05) is 0 Å². The molecule has 1 aromatic rings. The minimum absolute atomic E-state index is 0. The largest absolute Gasteiger partial charge is 0.377 e. The zero-order chi connectivity index (χ0) is 12.3. The third-order valence-corrected chi connectivity index (χ3v) is 3.32. The van der Waals surface area contributed by atoms with Crippen LogP contribution < -0.4 is 10.2 Å². The lowest BCUT2D eigenvalue weighted by Gasteiger charge is -2.32. The molecule has 1 aromatic carbocycles. The van der Waals surface area contributed by atoms with Gasteiger partial charge in [0, 0.05) is 52.0 Å². The molecule has 0 saturated carbocycles. The Bertz CT molecular complexity index is 368. The number of rotatable bonds is 3. The first kappa shape index (κ1) is 15.3. The Labute approximate surface area is 117 Å². The second-order valence-corrected chi connectivity index (χ2v) is 5.11. The number of benzene rings is 1. The van der Waals surface area contributed by atoms with Crippen LogP contribution >= 0.6 is 12.4 Å². The first-order chi connectivity index (χ1) is 8.16. The number of nitrogens with zero attached hydrogens (tertiary/aromatic N) is 2. The molecule has 4 heteroatoms. The van der Waals surface area contributed by atoms with Gasteiger partial charge in [-0.3, -0.25) is 4.90 Å². The van der Waals surface area contributed by atoms with Crippen molar-refractivity contribution in [2.75, 3.05) is 38.6 Å². The van der Waals surface area contributed by atoms with E-state index in [1.54, 1.807) is 0 Å². The van der Waals surface area contributed by atoms with Crippen LogP contribution in [-0.4, -0.2) is 44.7 Å². The fraction of sp³-hybridized carbons (Fsp3) is 0.571. The molecule has 0 bridgehead atoms. The Morgan fingerprint density at radius 3 is 2.72 bits per heavy atom. The molecule has 0 aromatic heterocycles.